The van der Waals surface area contributed by atoms with E-state index in [9.17, 15) is 0 Å². The molecule has 3 rings (SSSR count). The lowest BCUT2D eigenvalue weighted by Crippen LogP contribution is -2.13. The van der Waals surface area contributed by atoms with E-state index in [-0.39, 0.29) is 6.04 Å². The molecule has 0 radical (unpaired) electrons. The molecule has 3 nitrogen and oxygen atoms in total. The van der Waals surface area contributed by atoms with Crippen molar-refractivity contribution in [1.82, 2.24) is 4.98 Å². The highest BCUT2D eigenvalue weighted by Crippen LogP contribution is 2.24. The number of hydrogen-bond acceptors (Lipinski definition) is 3. The smallest absolute Gasteiger partial charge is 0.118 e. The van der Waals surface area contributed by atoms with Crippen LogP contribution in [-0.2, 0) is 6.42 Å². The number of aromatic nitrogens is 1. The number of rotatable bonds is 4. The van der Waals surface area contributed by atoms with Crippen LogP contribution in [0.3, 0.4) is 0 Å². The van der Waals surface area contributed by atoms with Crippen LogP contribution in [0, 0.1) is 0 Å². The molecule has 0 aliphatic heterocycles. The Balaban J connectivity index is 1.88. The fourth-order valence-electron chi connectivity index (χ4n) is 2.58. The number of pyridine rings is 1. The maximum Gasteiger partial charge on any atom is 0.118 e. The fourth-order valence-corrected chi connectivity index (χ4v) is 2.58. The quantitative estimate of drug-likeness (QED) is 0.794. The maximum absolute atomic E-state index is 6.40. The Labute approximate surface area is 124 Å². The van der Waals surface area contributed by atoms with E-state index < -0.39 is 0 Å². The zero-order valence-corrected chi connectivity index (χ0v) is 12.0. The van der Waals surface area contributed by atoms with Crippen molar-refractivity contribution in [3.8, 4) is 5.75 Å². The van der Waals surface area contributed by atoms with Crippen molar-refractivity contribution in [3.05, 3.63) is 71.9 Å². The van der Waals surface area contributed by atoms with Crippen LogP contribution in [0.2, 0.25) is 0 Å². The standard InChI is InChI=1S/C18H18N2O/c1-21-14-9-7-13(8-10-14)12-17(19)15-4-2-6-18-16(15)5-3-11-20-18/h2-11,17H,12,19H2,1H3. The third-order valence-electron chi connectivity index (χ3n) is 3.69. The van der Waals surface area contributed by atoms with Gasteiger partial charge in [0.2, 0.25) is 0 Å². The van der Waals surface area contributed by atoms with E-state index in [1.807, 2.05) is 30.3 Å². The van der Waals surface area contributed by atoms with Gasteiger partial charge in [-0.3, -0.25) is 4.98 Å². The first-order chi connectivity index (χ1) is 10.3. The lowest BCUT2D eigenvalue weighted by molar-refractivity contribution is 0.414. The fraction of sp³-hybridized carbons (Fsp3) is 0.167. The molecule has 0 bridgehead atoms. The van der Waals surface area contributed by atoms with Gasteiger partial charge in [-0.2, -0.15) is 0 Å². The van der Waals surface area contributed by atoms with Gasteiger partial charge in [0.15, 0.2) is 0 Å². The van der Waals surface area contributed by atoms with E-state index in [1.54, 1.807) is 13.3 Å². The number of fused-ring (bicyclic) bond motifs is 1. The summed E-state index contributed by atoms with van der Waals surface area (Å²) in [5, 5.41) is 1.13. The van der Waals surface area contributed by atoms with Gasteiger partial charge in [0.1, 0.15) is 5.75 Å². The number of methoxy groups -OCH3 is 1. The molecule has 0 saturated heterocycles. The molecular weight excluding hydrogens is 260 g/mol. The van der Waals surface area contributed by atoms with E-state index in [1.165, 1.54) is 5.56 Å². The lowest BCUT2D eigenvalue weighted by atomic mass is 9.96. The van der Waals surface area contributed by atoms with Gasteiger partial charge in [-0.25, -0.2) is 0 Å². The van der Waals surface area contributed by atoms with Gasteiger partial charge >= 0.3 is 0 Å². The van der Waals surface area contributed by atoms with Gasteiger partial charge in [0.25, 0.3) is 0 Å². The summed E-state index contributed by atoms with van der Waals surface area (Å²) in [4.78, 5) is 4.38. The zero-order chi connectivity index (χ0) is 14.7. The summed E-state index contributed by atoms with van der Waals surface area (Å²) in [7, 11) is 1.67. The SMILES string of the molecule is COc1ccc(CC(N)c2cccc3ncccc23)cc1. The predicted molar refractivity (Wildman–Crippen MR) is 85.4 cm³/mol. The van der Waals surface area contributed by atoms with Crippen molar-refractivity contribution in [2.45, 2.75) is 12.5 Å². The van der Waals surface area contributed by atoms with Gasteiger partial charge < -0.3 is 10.5 Å². The Morgan fingerprint density at radius 3 is 2.62 bits per heavy atom. The molecule has 2 aromatic carbocycles. The molecule has 1 unspecified atom stereocenters. The van der Waals surface area contributed by atoms with Crippen molar-refractivity contribution in [2.24, 2.45) is 5.73 Å². The molecule has 21 heavy (non-hydrogen) atoms. The van der Waals surface area contributed by atoms with Crippen LogP contribution in [-0.4, -0.2) is 12.1 Å². The van der Waals surface area contributed by atoms with Crippen LogP contribution in [0.4, 0.5) is 0 Å². The third-order valence-corrected chi connectivity index (χ3v) is 3.69. The van der Waals surface area contributed by atoms with Crippen molar-refractivity contribution < 1.29 is 4.74 Å². The van der Waals surface area contributed by atoms with Gasteiger partial charge in [-0.05, 0) is 41.8 Å². The molecule has 1 atom stereocenters. The van der Waals surface area contributed by atoms with Crippen LogP contribution >= 0.6 is 0 Å². The number of ether oxygens (including phenoxy) is 1. The Morgan fingerprint density at radius 2 is 1.86 bits per heavy atom. The van der Waals surface area contributed by atoms with Gasteiger partial charge in [0, 0.05) is 17.6 Å². The molecule has 0 fully saturated rings. The molecule has 2 N–H and O–H groups in total. The summed E-state index contributed by atoms with van der Waals surface area (Å²) < 4.78 is 5.18. The van der Waals surface area contributed by atoms with Crippen LogP contribution in [0.25, 0.3) is 10.9 Å². The minimum absolute atomic E-state index is 0.0497. The Kier molecular flexibility index (Phi) is 3.84. The minimum Gasteiger partial charge on any atom is -0.497 e. The highest BCUT2D eigenvalue weighted by Gasteiger charge is 2.11. The number of hydrogen-bond donors (Lipinski definition) is 1. The second-order valence-electron chi connectivity index (χ2n) is 5.08. The minimum atomic E-state index is -0.0497. The summed E-state index contributed by atoms with van der Waals surface area (Å²) in [6.07, 6.45) is 2.60. The monoisotopic (exact) mass is 278 g/mol. The molecule has 1 aromatic heterocycles. The molecular formula is C18H18N2O. The van der Waals surface area contributed by atoms with Gasteiger partial charge in [0.05, 0.1) is 12.6 Å². The first-order valence-electron chi connectivity index (χ1n) is 7.00. The van der Waals surface area contributed by atoms with E-state index >= 15 is 0 Å². The average molecular weight is 278 g/mol. The van der Waals surface area contributed by atoms with E-state index in [4.69, 9.17) is 10.5 Å². The molecule has 0 aliphatic carbocycles. The number of nitrogens with two attached hydrogens (primary N) is 1. The zero-order valence-electron chi connectivity index (χ0n) is 12.0. The van der Waals surface area contributed by atoms with Crippen molar-refractivity contribution in [1.29, 1.82) is 0 Å². The van der Waals surface area contributed by atoms with Crippen LogP contribution in [0.5, 0.6) is 5.75 Å². The highest BCUT2D eigenvalue weighted by atomic mass is 16.5. The second-order valence-corrected chi connectivity index (χ2v) is 5.08. The normalized spacial score (nSPS) is 12.3. The molecule has 0 aliphatic rings. The Hall–Kier alpha value is -2.39. The second kappa shape index (κ2) is 5.94. The van der Waals surface area contributed by atoms with E-state index in [2.05, 4.69) is 29.2 Å². The molecule has 106 valence electrons. The molecule has 0 amide bonds. The summed E-state index contributed by atoms with van der Waals surface area (Å²) in [6.45, 7) is 0. The van der Waals surface area contributed by atoms with Gasteiger partial charge in [-0.15, -0.1) is 0 Å². The van der Waals surface area contributed by atoms with Gasteiger partial charge in [-0.1, -0.05) is 30.3 Å². The van der Waals surface area contributed by atoms with Crippen LogP contribution in [0.15, 0.2) is 60.8 Å². The largest absolute Gasteiger partial charge is 0.497 e. The first kappa shape index (κ1) is 13.6. The van der Waals surface area contributed by atoms with Crippen LogP contribution < -0.4 is 10.5 Å². The third kappa shape index (κ3) is 2.88. The lowest BCUT2D eigenvalue weighted by Gasteiger charge is -2.15. The first-order valence-corrected chi connectivity index (χ1v) is 7.00. The topological polar surface area (TPSA) is 48.1 Å². The number of benzene rings is 2. The summed E-state index contributed by atoms with van der Waals surface area (Å²) >= 11 is 0. The van der Waals surface area contributed by atoms with Crippen LogP contribution in [0.1, 0.15) is 17.2 Å². The van der Waals surface area contributed by atoms with E-state index in [0.717, 1.165) is 28.6 Å². The predicted octanol–water partition coefficient (Wildman–Crippen LogP) is 3.49. The maximum atomic E-state index is 6.40. The Morgan fingerprint density at radius 1 is 1.05 bits per heavy atom. The highest BCUT2D eigenvalue weighted by molar-refractivity contribution is 5.82. The number of nitrogens with zero attached hydrogens (tertiary/aromatic N) is 1. The van der Waals surface area contributed by atoms with Crippen molar-refractivity contribution in [2.75, 3.05) is 7.11 Å². The van der Waals surface area contributed by atoms with Crippen molar-refractivity contribution in [3.63, 3.8) is 0 Å². The Bertz CT molecular complexity index is 732. The molecule has 0 saturated carbocycles. The van der Waals surface area contributed by atoms with E-state index in [0.29, 0.717) is 0 Å². The molecule has 0 spiro atoms. The van der Waals surface area contributed by atoms with Crippen molar-refractivity contribution >= 4 is 10.9 Å². The summed E-state index contributed by atoms with van der Waals surface area (Å²) in [6, 6.07) is 18.1. The summed E-state index contributed by atoms with van der Waals surface area (Å²) in [5.41, 5.74) is 9.72. The molecule has 3 aromatic rings. The molecule has 3 heteroatoms. The average Bonchev–Trinajstić information content (AvgIpc) is 2.55. The summed E-state index contributed by atoms with van der Waals surface area (Å²) in [5.74, 6) is 0.863. The molecule has 1 heterocycles.